The maximum atomic E-state index is 12.0. The highest BCUT2D eigenvalue weighted by molar-refractivity contribution is 5.75. The second kappa shape index (κ2) is 6.86. The van der Waals surface area contributed by atoms with Gasteiger partial charge >= 0.3 is 6.03 Å². The predicted octanol–water partition coefficient (Wildman–Crippen LogP) is 1.95. The fourth-order valence-corrected chi connectivity index (χ4v) is 3.31. The van der Waals surface area contributed by atoms with E-state index in [-0.39, 0.29) is 17.9 Å². The number of amides is 2. The number of benzene rings is 1. The summed E-state index contributed by atoms with van der Waals surface area (Å²) in [5, 5.41) is 3.84. The highest BCUT2D eigenvalue weighted by atomic mass is 16.2. The Kier molecular flexibility index (Phi) is 4.64. The van der Waals surface area contributed by atoms with Crippen molar-refractivity contribution < 1.29 is 9.59 Å². The Balaban J connectivity index is 1.60. The number of hydrogen-bond acceptors (Lipinski definition) is 3. The minimum absolute atomic E-state index is 0.0874. The maximum absolute atomic E-state index is 12.0. The van der Waals surface area contributed by atoms with Gasteiger partial charge in [0.25, 0.3) is 0 Å². The normalized spacial score (nSPS) is 19.5. The molecule has 2 aromatic rings. The molecule has 1 saturated carbocycles. The summed E-state index contributed by atoms with van der Waals surface area (Å²) in [7, 11) is 0. The molecule has 0 atom stereocenters. The molecule has 0 aliphatic heterocycles. The van der Waals surface area contributed by atoms with Crippen molar-refractivity contribution in [1.82, 2.24) is 14.7 Å². The van der Waals surface area contributed by atoms with Crippen molar-refractivity contribution in [2.24, 2.45) is 5.73 Å². The lowest BCUT2D eigenvalue weighted by atomic mass is 9.77. The summed E-state index contributed by atoms with van der Waals surface area (Å²) < 4.78 is 1.20. The molecule has 1 aliphatic rings. The fraction of sp³-hybridized carbons (Fsp3) is 0.389. The number of rotatable bonds is 5. The molecule has 125 valence electrons. The van der Waals surface area contributed by atoms with Crippen LogP contribution in [0, 0.1) is 6.20 Å². The molecule has 0 spiro atoms. The Hall–Kier alpha value is -2.63. The van der Waals surface area contributed by atoms with E-state index in [0.717, 1.165) is 25.0 Å². The molecule has 1 aromatic carbocycles. The number of aromatic nitrogens is 2. The number of nitrogens with zero attached hydrogens (tertiary/aromatic N) is 3. The molecule has 2 N–H and O–H groups in total. The molecule has 6 heteroatoms. The van der Waals surface area contributed by atoms with Crippen molar-refractivity contribution in [3.8, 4) is 0 Å². The largest absolute Gasteiger partial charge is 0.350 e. The van der Waals surface area contributed by atoms with Gasteiger partial charge in [-0.25, -0.2) is 4.79 Å². The van der Waals surface area contributed by atoms with Gasteiger partial charge < -0.3 is 10.6 Å². The van der Waals surface area contributed by atoms with E-state index in [1.54, 1.807) is 13.0 Å². The van der Waals surface area contributed by atoms with Crippen LogP contribution in [0.2, 0.25) is 0 Å². The third-order valence-electron chi connectivity index (χ3n) is 4.68. The van der Waals surface area contributed by atoms with Crippen molar-refractivity contribution in [1.29, 1.82) is 0 Å². The standard InChI is InChI=1S/C18H21N4O2/c1-13(23)21(10-8-14-5-3-2-4-6-14)16-11-15(12-16)17-7-9-20-22(17)18(19)24/h2-7,15-16H,8,10-12H2,1H3,(H2,19,24)/t15-,16+. The minimum atomic E-state index is -0.595. The van der Waals surface area contributed by atoms with Gasteiger partial charge in [-0.15, -0.1) is 0 Å². The Morgan fingerprint density at radius 3 is 2.67 bits per heavy atom. The van der Waals surface area contributed by atoms with E-state index in [9.17, 15) is 9.59 Å². The van der Waals surface area contributed by atoms with Crippen LogP contribution in [-0.2, 0) is 11.2 Å². The molecule has 0 saturated heterocycles. The molecule has 24 heavy (non-hydrogen) atoms. The summed E-state index contributed by atoms with van der Waals surface area (Å²) in [6.07, 6.45) is 5.16. The van der Waals surface area contributed by atoms with Crippen molar-refractivity contribution in [2.75, 3.05) is 6.54 Å². The highest BCUT2D eigenvalue weighted by Gasteiger charge is 2.37. The Bertz CT molecular complexity index is 720. The van der Waals surface area contributed by atoms with E-state index in [0.29, 0.717) is 6.54 Å². The van der Waals surface area contributed by atoms with Crippen LogP contribution in [-0.4, -0.2) is 39.2 Å². The van der Waals surface area contributed by atoms with Gasteiger partial charge in [0.1, 0.15) is 6.20 Å². The molecular formula is C18H21N4O2. The summed E-state index contributed by atoms with van der Waals surface area (Å²) in [6.45, 7) is 2.32. The van der Waals surface area contributed by atoms with Gasteiger partial charge in [-0.2, -0.15) is 9.78 Å². The molecule has 0 bridgehead atoms. The van der Waals surface area contributed by atoms with E-state index in [1.807, 2.05) is 23.1 Å². The first-order valence-electron chi connectivity index (χ1n) is 8.13. The number of primary amides is 1. The molecule has 3 rings (SSSR count). The van der Waals surface area contributed by atoms with Crippen molar-refractivity contribution >= 4 is 11.9 Å². The van der Waals surface area contributed by atoms with Gasteiger partial charge in [0.15, 0.2) is 0 Å². The zero-order valence-corrected chi connectivity index (χ0v) is 13.7. The smallest absolute Gasteiger partial charge is 0.339 e. The second-order valence-electron chi connectivity index (χ2n) is 6.22. The van der Waals surface area contributed by atoms with Gasteiger partial charge in [0.2, 0.25) is 5.91 Å². The highest BCUT2D eigenvalue weighted by Crippen LogP contribution is 2.39. The average molecular weight is 325 g/mol. The number of hydrogen-bond donors (Lipinski definition) is 1. The molecule has 1 aromatic heterocycles. The minimum Gasteiger partial charge on any atom is -0.350 e. The van der Waals surface area contributed by atoms with Gasteiger partial charge in [0, 0.05) is 25.4 Å². The van der Waals surface area contributed by atoms with Gasteiger partial charge in [-0.05, 0) is 30.9 Å². The Morgan fingerprint density at radius 2 is 2.04 bits per heavy atom. The molecule has 1 aliphatic carbocycles. The maximum Gasteiger partial charge on any atom is 0.339 e. The molecule has 6 nitrogen and oxygen atoms in total. The third-order valence-corrected chi connectivity index (χ3v) is 4.68. The van der Waals surface area contributed by atoms with Crippen molar-refractivity contribution in [2.45, 2.75) is 38.1 Å². The zero-order valence-electron chi connectivity index (χ0n) is 13.7. The van der Waals surface area contributed by atoms with Crippen LogP contribution >= 0.6 is 0 Å². The summed E-state index contributed by atoms with van der Waals surface area (Å²) in [6, 6.07) is 11.5. The van der Waals surface area contributed by atoms with E-state index >= 15 is 0 Å². The van der Waals surface area contributed by atoms with Crippen LogP contribution in [0.25, 0.3) is 0 Å². The van der Waals surface area contributed by atoms with Crippen molar-refractivity contribution in [3.05, 3.63) is 53.9 Å². The SMILES string of the molecule is CC(=O)N(CCc1ccccc1)[C@H]1C[C@@H](c2c[c]nn2C(N)=O)C1. The van der Waals surface area contributed by atoms with Gasteiger partial charge in [0.05, 0.1) is 5.69 Å². The first kappa shape index (κ1) is 16.2. The topological polar surface area (TPSA) is 81.2 Å². The van der Waals surface area contributed by atoms with E-state index in [1.165, 1.54) is 10.2 Å². The third kappa shape index (κ3) is 3.32. The van der Waals surface area contributed by atoms with Gasteiger partial charge in [-0.3, -0.25) is 4.79 Å². The summed E-state index contributed by atoms with van der Waals surface area (Å²) in [4.78, 5) is 25.3. The van der Waals surface area contributed by atoms with Crippen LogP contribution in [0.3, 0.4) is 0 Å². The number of carbonyl (C=O) groups is 2. The van der Waals surface area contributed by atoms with Crippen LogP contribution < -0.4 is 5.73 Å². The van der Waals surface area contributed by atoms with Crippen LogP contribution in [0.5, 0.6) is 0 Å². The summed E-state index contributed by atoms with van der Waals surface area (Å²) in [5.74, 6) is 0.282. The molecular weight excluding hydrogens is 304 g/mol. The molecule has 1 radical (unpaired) electrons. The molecule has 1 heterocycles. The van der Waals surface area contributed by atoms with E-state index in [4.69, 9.17) is 5.73 Å². The van der Waals surface area contributed by atoms with Crippen LogP contribution in [0.1, 0.15) is 36.9 Å². The molecule has 1 fully saturated rings. The lowest BCUT2D eigenvalue weighted by Gasteiger charge is -2.42. The van der Waals surface area contributed by atoms with Gasteiger partial charge in [-0.1, -0.05) is 30.3 Å². The summed E-state index contributed by atoms with van der Waals surface area (Å²) in [5.41, 5.74) is 7.31. The fourth-order valence-electron chi connectivity index (χ4n) is 3.31. The van der Waals surface area contributed by atoms with E-state index < -0.39 is 6.03 Å². The first-order valence-corrected chi connectivity index (χ1v) is 8.13. The monoisotopic (exact) mass is 325 g/mol. The Labute approximate surface area is 141 Å². The lowest BCUT2D eigenvalue weighted by Crippen LogP contribution is -2.47. The van der Waals surface area contributed by atoms with Crippen LogP contribution in [0.15, 0.2) is 36.4 Å². The number of nitrogens with two attached hydrogens (primary N) is 1. The van der Waals surface area contributed by atoms with E-state index in [2.05, 4.69) is 23.4 Å². The average Bonchev–Trinajstić information content (AvgIpc) is 2.99. The zero-order chi connectivity index (χ0) is 17.1. The Morgan fingerprint density at radius 1 is 1.33 bits per heavy atom. The predicted molar refractivity (Wildman–Crippen MR) is 89.3 cm³/mol. The second-order valence-corrected chi connectivity index (χ2v) is 6.22. The number of carbonyl (C=O) groups excluding carboxylic acids is 2. The van der Waals surface area contributed by atoms with Crippen LogP contribution in [0.4, 0.5) is 4.79 Å². The first-order chi connectivity index (χ1) is 11.6. The molecule has 2 amide bonds. The van der Waals surface area contributed by atoms with Crippen molar-refractivity contribution in [3.63, 3.8) is 0 Å². The molecule has 0 unspecified atom stereocenters. The lowest BCUT2D eigenvalue weighted by molar-refractivity contribution is -0.133. The summed E-state index contributed by atoms with van der Waals surface area (Å²) >= 11 is 0. The quantitative estimate of drug-likeness (QED) is 0.912.